The van der Waals surface area contributed by atoms with Crippen molar-refractivity contribution in [1.29, 1.82) is 0 Å². The molecule has 1 heteroatoms. The van der Waals surface area contributed by atoms with Gasteiger partial charge in [0.15, 0.2) is 0 Å². The molecule has 0 nitrogen and oxygen atoms in total. The first-order valence-corrected chi connectivity index (χ1v) is 5.71. The second kappa shape index (κ2) is 16.2. The van der Waals surface area contributed by atoms with Crippen LogP contribution in [0, 0.1) is 13.0 Å². The number of hydrogen-bond donors (Lipinski definition) is 0. The van der Waals surface area contributed by atoms with Crippen molar-refractivity contribution >= 4 is 0 Å². The van der Waals surface area contributed by atoms with Gasteiger partial charge >= 0.3 is 0 Å². The molecule has 0 fully saturated rings. The average Bonchev–Trinajstić information content (AvgIpc) is 2.22. The second-order valence-corrected chi connectivity index (χ2v) is 2.95. The molecule has 0 bridgehead atoms. The van der Waals surface area contributed by atoms with E-state index in [2.05, 4.69) is 45.9 Å². The minimum Gasteiger partial charge on any atom is -0.180 e. The maximum Gasteiger partial charge on any atom is 0 e. The Morgan fingerprint density at radius 1 is 1.13 bits per heavy atom. The summed E-state index contributed by atoms with van der Waals surface area (Å²) in [5.41, 5.74) is 2.63. The van der Waals surface area contributed by atoms with Crippen molar-refractivity contribution in [2.45, 2.75) is 54.4 Å². The standard InChI is InChI=1S/C9H11.C3H8.C2H6.V/c1-3-9-6-4-5-8(2)7-9;1-3-2;1-2;/h4-5,7H,3H2,1-2H3;3H2,1-2H3;1-2H3;/q-1;;;. The third-order valence-corrected chi connectivity index (χ3v) is 1.40. The van der Waals surface area contributed by atoms with E-state index in [-0.39, 0.29) is 18.6 Å². The second-order valence-electron chi connectivity index (χ2n) is 2.95. The molecule has 1 aromatic rings. The monoisotopic (exact) mass is 244 g/mol. The van der Waals surface area contributed by atoms with Crippen molar-refractivity contribution in [1.82, 2.24) is 0 Å². The van der Waals surface area contributed by atoms with Crippen LogP contribution in [0.5, 0.6) is 0 Å². The maximum absolute atomic E-state index is 3.16. The average molecular weight is 244 g/mol. The molecule has 1 aromatic carbocycles. The summed E-state index contributed by atoms with van der Waals surface area (Å²) in [7, 11) is 0. The summed E-state index contributed by atoms with van der Waals surface area (Å²) in [6.07, 6.45) is 2.34. The topological polar surface area (TPSA) is 0 Å². The molecule has 0 saturated heterocycles. The van der Waals surface area contributed by atoms with Gasteiger partial charge in [0.1, 0.15) is 0 Å². The summed E-state index contributed by atoms with van der Waals surface area (Å²) in [4.78, 5) is 0. The zero-order chi connectivity index (χ0) is 11.4. The Balaban J connectivity index is -0.000000209. The molecule has 1 radical (unpaired) electrons. The minimum absolute atomic E-state index is 0. The van der Waals surface area contributed by atoms with Crippen LogP contribution >= 0.6 is 0 Å². The van der Waals surface area contributed by atoms with Gasteiger partial charge in [-0.05, 0) is 0 Å². The van der Waals surface area contributed by atoms with E-state index in [0.29, 0.717) is 0 Å². The Bertz CT molecular complexity index is 206. The van der Waals surface area contributed by atoms with Crippen molar-refractivity contribution in [3.8, 4) is 0 Å². The normalized spacial score (nSPS) is 7.33. The smallest absolute Gasteiger partial charge is 0 e. The third kappa shape index (κ3) is 13.8. The number of rotatable bonds is 1. The molecule has 0 aromatic heterocycles. The van der Waals surface area contributed by atoms with Crippen LogP contribution in [-0.4, -0.2) is 0 Å². The number of hydrogen-bond acceptors (Lipinski definition) is 0. The molecule has 0 aliphatic carbocycles. The van der Waals surface area contributed by atoms with Gasteiger partial charge in [-0.1, -0.05) is 54.4 Å². The van der Waals surface area contributed by atoms with Crippen LogP contribution in [0.15, 0.2) is 18.2 Å². The molecule has 0 heterocycles. The molecule has 0 N–H and O–H groups in total. The summed E-state index contributed by atoms with van der Waals surface area (Å²) < 4.78 is 0. The molecule has 0 spiro atoms. The fourth-order valence-corrected chi connectivity index (χ4v) is 0.849. The fraction of sp³-hybridized carbons (Fsp3) is 0.571. The fourth-order valence-electron chi connectivity index (χ4n) is 0.849. The van der Waals surface area contributed by atoms with Gasteiger partial charge in [0.05, 0.1) is 0 Å². The molecule has 0 saturated carbocycles. The Morgan fingerprint density at radius 2 is 1.60 bits per heavy atom. The Morgan fingerprint density at radius 3 is 1.87 bits per heavy atom. The van der Waals surface area contributed by atoms with Crippen molar-refractivity contribution < 1.29 is 18.6 Å². The first kappa shape index (κ1) is 20.2. The van der Waals surface area contributed by atoms with Crippen LogP contribution in [0.25, 0.3) is 0 Å². The van der Waals surface area contributed by atoms with Gasteiger partial charge in [0, 0.05) is 18.6 Å². The Hall–Kier alpha value is -0.196. The quantitative estimate of drug-likeness (QED) is 0.622. The predicted octanol–water partition coefficient (Wildman–Crippen LogP) is 4.80. The Kier molecular flexibility index (Phi) is 21.9. The van der Waals surface area contributed by atoms with Crippen LogP contribution in [0.3, 0.4) is 0 Å². The van der Waals surface area contributed by atoms with Crippen molar-refractivity contribution in [3.63, 3.8) is 0 Å². The van der Waals surface area contributed by atoms with Gasteiger partial charge in [-0.25, -0.2) is 0 Å². The van der Waals surface area contributed by atoms with E-state index in [1.807, 2.05) is 19.9 Å². The predicted molar refractivity (Wildman–Crippen MR) is 66.7 cm³/mol. The third-order valence-electron chi connectivity index (χ3n) is 1.40. The summed E-state index contributed by atoms with van der Waals surface area (Å²) in [6, 6.07) is 9.37. The van der Waals surface area contributed by atoms with Crippen molar-refractivity contribution in [3.05, 3.63) is 35.4 Å². The van der Waals surface area contributed by atoms with Gasteiger partial charge in [-0.3, -0.25) is 0 Å². The van der Waals surface area contributed by atoms with Gasteiger partial charge in [-0.2, -0.15) is 35.4 Å². The van der Waals surface area contributed by atoms with E-state index in [4.69, 9.17) is 0 Å². The molecule has 0 atom stereocenters. The maximum atomic E-state index is 3.16. The number of aryl methyl sites for hydroxylation is 2. The molecule has 0 aliphatic heterocycles. The first-order chi connectivity index (χ1) is 6.74. The van der Waals surface area contributed by atoms with Crippen LogP contribution < -0.4 is 0 Å². The van der Waals surface area contributed by atoms with Crippen molar-refractivity contribution in [2.75, 3.05) is 0 Å². The zero-order valence-corrected chi connectivity index (χ0v) is 12.5. The summed E-state index contributed by atoms with van der Waals surface area (Å²) >= 11 is 0. The molecular formula is C14H25V-. The summed E-state index contributed by atoms with van der Waals surface area (Å²) in [5, 5.41) is 0. The van der Waals surface area contributed by atoms with E-state index in [1.165, 1.54) is 17.5 Å². The van der Waals surface area contributed by atoms with Crippen molar-refractivity contribution in [2.24, 2.45) is 0 Å². The van der Waals surface area contributed by atoms with Gasteiger partial charge in [-0.15, -0.1) is 0 Å². The van der Waals surface area contributed by atoms with E-state index < -0.39 is 0 Å². The SMILES string of the molecule is CC.CCC.CCc1[c-]ccc(C)c1.[V]. The van der Waals surface area contributed by atoms with E-state index in [0.717, 1.165) is 6.42 Å². The van der Waals surface area contributed by atoms with E-state index >= 15 is 0 Å². The van der Waals surface area contributed by atoms with E-state index in [1.54, 1.807) is 0 Å². The van der Waals surface area contributed by atoms with Crippen LogP contribution in [-0.2, 0) is 25.0 Å². The van der Waals surface area contributed by atoms with Crippen LogP contribution in [0.4, 0.5) is 0 Å². The van der Waals surface area contributed by atoms with Crippen LogP contribution in [0.2, 0.25) is 0 Å². The molecule has 15 heavy (non-hydrogen) atoms. The largest absolute Gasteiger partial charge is 0.180 e. The minimum atomic E-state index is 0. The number of benzene rings is 1. The first-order valence-electron chi connectivity index (χ1n) is 5.71. The Labute approximate surface area is 108 Å². The van der Waals surface area contributed by atoms with E-state index in [9.17, 15) is 0 Å². The molecule has 0 unspecified atom stereocenters. The van der Waals surface area contributed by atoms with Gasteiger partial charge < -0.3 is 0 Å². The molecular weight excluding hydrogens is 219 g/mol. The molecule has 0 aliphatic rings. The molecule has 87 valence electrons. The van der Waals surface area contributed by atoms with Crippen LogP contribution in [0.1, 0.15) is 52.2 Å². The molecule has 1 rings (SSSR count). The summed E-state index contributed by atoms with van der Waals surface area (Å²) in [6.45, 7) is 12.5. The summed E-state index contributed by atoms with van der Waals surface area (Å²) in [5.74, 6) is 0. The zero-order valence-electron chi connectivity index (χ0n) is 11.1. The van der Waals surface area contributed by atoms with Gasteiger partial charge in [0.2, 0.25) is 0 Å². The van der Waals surface area contributed by atoms with Gasteiger partial charge in [0.25, 0.3) is 0 Å². The molecule has 0 amide bonds.